The summed E-state index contributed by atoms with van der Waals surface area (Å²) in [7, 11) is 1.22. The highest BCUT2D eigenvalue weighted by atomic mass is 35.5. The molecule has 0 aliphatic carbocycles. The van der Waals surface area contributed by atoms with Crippen molar-refractivity contribution in [3.63, 3.8) is 0 Å². The van der Waals surface area contributed by atoms with Crippen LogP contribution in [0.5, 0.6) is 0 Å². The SMILES string of the molecule is COC(=O)/C(N)=C/c1ccc(F)c(Cl)c1. The Morgan fingerprint density at radius 3 is 2.80 bits per heavy atom. The lowest BCUT2D eigenvalue weighted by Gasteiger charge is -2.00. The first-order chi connectivity index (χ1) is 7.04. The van der Waals surface area contributed by atoms with Crippen molar-refractivity contribution in [3.05, 3.63) is 40.3 Å². The van der Waals surface area contributed by atoms with Crippen LogP contribution in [-0.4, -0.2) is 13.1 Å². The normalized spacial score (nSPS) is 11.3. The van der Waals surface area contributed by atoms with E-state index in [0.29, 0.717) is 5.56 Å². The van der Waals surface area contributed by atoms with E-state index < -0.39 is 11.8 Å². The van der Waals surface area contributed by atoms with Crippen molar-refractivity contribution in [1.29, 1.82) is 0 Å². The second kappa shape index (κ2) is 4.79. The van der Waals surface area contributed by atoms with Gasteiger partial charge < -0.3 is 10.5 Å². The molecule has 2 N–H and O–H groups in total. The molecule has 5 heteroatoms. The van der Waals surface area contributed by atoms with Crippen LogP contribution in [0.25, 0.3) is 6.08 Å². The fourth-order valence-corrected chi connectivity index (χ4v) is 1.15. The van der Waals surface area contributed by atoms with E-state index in [9.17, 15) is 9.18 Å². The molecule has 1 rings (SSSR count). The number of nitrogens with two attached hydrogens (primary N) is 1. The minimum atomic E-state index is -0.643. The van der Waals surface area contributed by atoms with Crippen LogP contribution in [0.1, 0.15) is 5.56 Å². The maximum atomic E-state index is 12.8. The number of hydrogen-bond donors (Lipinski definition) is 1. The van der Waals surface area contributed by atoms with Gasteiger partial charge in [0.15, 0.2) is 0 Å². The summed E-state index contributed by atoms with van der Waals surface area (Å²) in [6.07, 6.45) is 1.36. The first kappa shape index (κ1) is 11.5. The number of methoxy groups -OCH3 is 1. The topological polar surface area (TPSA) is 52.3 Å². The zero-order valence-electron chi connectivity index (χ0n) is 7.96. The third kappa shape index (κ3) is 2.95. The average molecular weight is 230 g/mol. The van der Waals surface area contributed by atoms with E-state index in [-0.39, 0.29) is 10.7 Å². The standard InChI is InChI=1S/C10H9ClFNO2/c1-15-10(14)9(13)5-6-2-3-8(12)7(11)4-6/h2-5H,13H2,1H3/b9-5-. The molecule has 0 bridgehead atoms. The highest BCUT2D eigenvalue weighted by molar-refractivity contribution is 6.30. The molecule has 0 aliphatic heterocycles. The van der Waals surface area contributed by atoms with Crippen molar-refractivity contribution < 1.29 is 13.9 Å². The molecule has 0 heterocycles. The smallest absolute Gasteiger partial charge is 0.353 e. The molecule has 0 fully saturated rings. The second-order valence-corrected chi connectivity index (χ2v) is 3.17. The summed E-state index contributed by atoms with van der Waals surface area (Å²) in [6, 6.07) is 4.02. The van der Waals surface area contributed by atoms with Crippen molar-refractivity contribution in [2.24, 2.45) is 5.73 Å². The van der Waals surface area contributed by atoms with Crippen LogP contribution in [0.15, 0.2) is 23.9 Å². The Morgan fingerprint density at radius 2 is 2.27 bits per heavy atom. The minimum Gasteiger partial charge on any atom is -0.464 e. The van der Waals surface area contributed by atoms with Gasteiger partial charge in [-0.05, 0) is 23.8 Å². The molecule has 0 saturated carbocycles. The number of rotatable bonds is 2. The molecular formula is C10H9ClFNO2. The van der Waals surface area contributed by atoms with Gasteiger partial charge >= 0.3 is 5.97 Å². The predicted octanol–water partition coefficient (Wildman–Crippen LogP) is 1.95. The number of carbonyl (C=O) groups is 1. The van der Waals surface area contributed by atoms with Gasteiger partial charge in [-0.2, -0.15) is 0 Å². The summed E-state index contributed by atoms with van der Waals surface area (Å²) in [4.78, 5) is 10.9. The van der Waals surface area contributed by atoms with Crippen molar-refractivity contribution >= 4 is 23.6 Å². The van der Waals surface area contributed by atoms with Crippen molar-refractivity contribution in [1.82, 2.24) is 0 Å². The summed E-state index contributed by atoms with van der Waals surface area (Å²) >= 11 is 5.55. The lowest BCUT2D eigenvalue weighted by Crippen LogP contribution is -2.12. The first-order valence-electron chi connectivity index (χ1n) is 4.05. The predicted molar refractivity (Wildman–Crippen MR) is 55.6 cm³/mol. The largest absolute Gasteiger partial charge is 0.464 e. The number of ether oxygens (including phenoxy) is 1. The van der Waals surface area contributed by atoms with E-state index in [4.69, 9.17) is 17.3 Å². The lowest BCUT2D eigenvalue weighted by molar-refractivity contribution is -0.136. The molecule has 0 aromatic heterocycles. The molecule has 0 spiro atoms. The molecule has 1 aromatic carbocycles. The molecule has 15 heavy (non-hydrogen) atoms. The molecule has 3 nitrogen and oxygen atoms in total. The van der Waals surface area contributed by atoms with Crippen LogP contribution in [-0.2, 0) is 9.53 Å². The minimum absolute atomic E-state index is 0.0265. The lowest BCUT2D eigenvalue weighted by atomic mass is 10.2. The van der Waals surface area contributed by atoms with Crippen molar-refractivity contribution in [3.8, 4) is 0 Å². The highest BCUT2D eigenvalue weighted by Gasteiger charge is 2.05. The summed E-state index contributed by atoms with van der Waals surface area (Å²) < 4.78 is 17.2. The second-order valence-electron chi connectivity index (χ2n) is 2.76. The molecule has 0 unspecified atom stereocenters. The summed E-state index contributed by atoms with van der Waals surface area (Å²) in [6.45, 7) is 0. The number of esters is 1. The van der Waals surface area contributed by atoms with Crippen LogP contribution in [0.3, 0.4) is 0 Å². The average Bonchev–Trinajstić information content (AvgIpc) is 2.22. The van der Waals surface area contributed by atoms with Crippen molar-refractivity contribution in [2.75, 3.05) is 7.11 Å². The Bertz CT molecular complexity index is 418. The van der Waals surface area contributed by atoms with Crippen LogP contribution in [0.2, 0.25) is 5.02 Å². The van der Waals surface area contributed by atoms with Gasteiger partial charge in [0.05, 0.1) is 12.1 Å². The van der Waals surface area contributed by atoms with E-state index >= 15 is 0 Å². The van der Waals surface area contributed by atoms with Gasteiger partial charge in [-0.25, -0.2) is 9.18 Å². The first-order valence-corrected chi connectivity index (χ1v) is 4.43. The van der Waals surface area contributed by atoms with Gasteiger partial charge in [0.1, 0.15) is 11.5 Å². The van der Waals surface area contributed by atoms with Gasteiger partial charge in [-0.15, -0.1) is 0 Å². The zero-order chi connectivity index (χ0) is 11.4. The summed E-state index contributed by atoms with van der Waals surface area (Å²) in [5.74, 6) is -1.17. The molecule has 1 aromatic rings. The third-order valence-corrected chi connectivity index (χ3v) is 1.98. The third-order valence-electron chi connectivity index (χ3n) is 1.69. The quantitative estimate of drug-likeness (QED) is 0.623. The highest BCUT2D eigenvalue weighted by Crippen LogP contribution is 2.17. The van der Waals surface area contributed by atoms with Gasteiger partial charge in [0.25, 0.3) is 0 Å². The summed E-state index contributed by atoms with van der Waals surface area (Å²) in [5, 5.41) is -0.0265. The number of benzene rings is 1. The van der Waals surface area contributed by atoms with Crippen LogP contribution < -0.4 is 5.73 Å². The fraction of sp³-hybridized carbons (Fsp3) is 0.100. The van der Waals surface area contributed by atoms with E-state index in [1.165, 1.54) is 31.4 Å². The zero-order valence-corrected chi connectivity index (χ0v) is 8.72. The van der Waals surface area contributed by atoms with Crippen molar-refractivity contribution in [2.45, 2.75) is 0 Å². The molecule has 0 amide bonds. The van der Waals surface area contributed by atoms with E-state index in [0.717, 1.165) is 0 Å². The van der Waals surface area contributed by atoms with Crippen LogP contribution in [0.4, 0.5) is 4.39 Å². The molecule has 0 radical (unpaired) electrons. The monoisotopic (exact) mass is 229 g/mol. The number of halogens is 2. The maximum Gasteiger partial charge on any atom is 0.353 e. The van der Waals surface area contributed by atoms with Crippen LogP contribution in [0, 0.1) is 5.82 Å². The van der Waals surface area contributed by atoms with Crippen LogP contribution >= 0.6 is 11.6 Å². The Labute approximate surface area is 91.3 Å². The van der Waals surface area contributed by atoms with Gasteiger partial charge in [-0.3, -0.25) is 0 Å². The maximum absolute atomic E-state index is 12.8. The van der Waals surface area contributed by atoms with Gasteiger partial charge in [0.2, 0.25) is 0 Å². The number of carbonyl (C=O) groups excluding carboxylic acids is 1. The number of hydrogen-bond acceptors (Lipinski definition) is 3. The van der Waals surface area contributed by atoms with E-state index in [1.54, 1.807) is 0 Å². The Kier molecular flexibility index (Phi) is 3.68. The molecule has 80 valence electrons. The van der Waals surface area contributed by atoms with E-state index in [1.807, 2.05) is 0 Å². The Hall–Kier alpha value is -1.55. The molecule has 0 aliphatic rings. The van der Waals surface area contributed by atoms with Gasteiger partial charge in [0, 0.05) is 0 Å². The summed E-state index contributed by atoms with van der Waals surface area (Å²) in [5.41, 5.74) is 5.86. The van der Waals surface area contributed by atoms with Gasteiger partial charge in [-0.1, -0.05) is 17.7 Å². The molecule has 0 atom stereocenters. The Balaban J connectivity index is 2.98. The van der Waals surface area contributed by atoms with E-state index in [2.05, 4.69) is 4.74 Å². The molecular weight excluding hydrogens is 221 g/mol. The molecule has 0 saturated heterocycles. The fourth-order valence-electron chi connectivity index (χ4n) is 0.958. The Morgan fingerprint density at radius 1 is 1.60 bits per heavy atom.